The van der Waals surface area contributed by atoms with E-state index in [1.807, 2.05) is 0 Å². The van der Waals surface area contributed by atoms with E-state index in [4.69, 9.17) is 14.7 Å². The zero-order valence-electron chi connectivity index (χ0n) is 33.0. The van der Waals surface area contributed by atoms with Gasteiger partial charge in [-0.15, -0.1) is 0 Å². The highest BCUT2D eigenvalue weighted by Crippen LogP contribution is 2.62. The maximum Gasteiger partial charge on any atom is 0.156 e. The molecule has 59 heavy (non-hydrogen) atoms. The average molecular weight is 757 g/mol. The molecule has 0 amide bonds. The summed E-state index contributed by atoms with van der Waals surface area (Å²) in [5.74, 6) is 2.60. The number of rotatable bonds is 4. The van der Waals surface area contributed by atoms with Gasteiger partial charge < -0.3 is 4.74 Å². The van der Waals surface area contributed by atoms with Crippen molar-refractivity contribution in [2.24, 2.45) is 0 Å². The molecule has 3 heteroatoms. The molecule has 1 aliphatic heterocycles. The van der Waals surface area contributed by atoms with Crippen LogP contribution >= 0.6 is 0 Å². The first kappa shape index (κ1) is 34.0. The Bertz CT molecular complexity index is 3070. The van der Waals surface area contributed by atoms with Crippen LogP contribution < -0.4 is 4.74 Å². The summed E-state index contributed by atoms with van der Waals surface area (Å²) in [6, 6.07) is 61.5. The van der Waals surface area contributed by atoms with Gasteiger partial charge in [-0.25, -0.2) is 9.97 Å². The van der Waals surface area contributed by atoms with Gasteiger partial charge in [-0.05, 0) is 104 Å². The van der Waals surface area contributed by atoms with Crippen LogP contribution in [0.25, 0.3) is 55.9 Å². The van der Waals surface area contributed by atoms with E-state index in [2.05, 4.69) is 196 Å². The van der Waals surface area contributed by atoms with E-state index < -0.39 is 5.41 Å². The third-order valence-electron chi connectivity index (χ3n) is 13.3. The number of aromatic nitrogens is 2. The molecular formula is C56H40N2O. The molecular weight excluding hydrogens is 717 g/mol. The first-order valence-corrected chi connectivity index (χ1v) is 20.7. The van der Waals surface area contributed by atoms with Crippen molar-refractivity contribution >= 4 is 11.1 Å². The fourth-order valence-corrected chi connectivity index (χ4v) is 10.5. The summed E-state index contributed by atoms with van der Waals surface area (Å²) in [5, 5.41) is 0. The van der Waals surface area contributed by atoms with E-state index >= 15 is 0 Å². The molecule has 1 aromatic heterocycles. The molecule has 12 rings (SSSR count). The lowest BCUT2D eigenvalue weighted by atomic mass is 9.65. The van der Waals surface area contributed by atoms with Crippen molar-refractivity contribution in [2.75, 3.05) is 0 Å². The first-order chi connectivity index (χ1) is 29.0. The molecule has 0 saturated heterocycles. The molecule has 0 bridgehead atoms. The number of allylic oxidation sites excluding steroid dienone is 4. The number of fused-ring (bicyclic) bond motifs is 12. The Morgan fingerprint density at radius 1 is 0.407 bits per heavy atom. The number of ether oxygens (including phenoxy) is 1. The molecule has 3 aliphatic carbocycles. The Morgan fingerprint density at radius 3 is 1.64 bits per heavy atom. The van der Waals surface area contributed by atoms with Crippen molar-refractivity contribution in [1.29, 1.82) is 0 Å². The van der Waals surface area contributed by atoms with Crippen molar-refractivity contribution in [1.82, 2.24) is 9.97 Å². The SMILES string of the molecule is CC1(C)c2ccccc2-c2ccc(-c3cc(-c4ccccc4)nc(C4=CC=C(c5ccc6c(c5)C5(c7ccccc7O6)c6ccccc6-c6ccccc65)CC4)n3)cc21. The van der Waals surface area contributed by atoms with Crippen LogP contribution in [0.3, 0.4) is 0 Å². The van der Waals surface area contributed by atoms with Gasteiger partial charge in [0.05, 0.1) is 16.8 Å². The van der Waals surface area contributed by atoms with Gasteiger partial charge in [0, 0.05) is 27.7 Å². The standard InChI is InChI=1S/C56H40N2O/c1-55(2)44-19-9-6-16-40(44)43-30-28-39(33-48(43)55)51-34-50(36-14-4-3-5-15-36)57-54(58-51)37-26-24-35(25-27-37)38-29-31-53-49(32-38)56(47-22-12-13-23-52(47)59-53)45-20-10-7-17-41(45)42-18-8-11-21-46(42)56/h3-24,26,28-34H,25,27H2,1-2H3. The summed E-state index contributed by atoms with van der Waals surface area (Å²) in [7, 11) is 0. The molecule has 2 heterocycles. The third-order valence-corrected chi connectivity index (χ3v) is 13.3. The molecule has 8 aromatic rings. The van der Waals surface area contributed by atoms with Gasteiger partial charge >= 0.3 is 0 Å². The molecule has 0 fully saturated rings. The van der Waals surface area contributed by atoms with Crippen molar-refractivity contribution in [2.45, 2.75) is 37.5 Å². The number of hydrogen-bond donors (Lipinski definition) is 0. The van der Waals surface area contributed by atoms with E-state index in [-0.39, 0.29) is 5.41 Å². The maximum atomic E-state index is 6.71. The van der Waals surface area contributed by atoms with Gasteiger partial charge in [0.2, 0.25) is 0 Å². The summed E-state index contributed by atoms with van der Waals surface area (Å²) in [6.45, 7) is 4.66. The number of benzene rings is 7. The molecule has 0 atom stereocenters. The highest BCUT2D eigenvalue weighted by molar-refractivity contribution is 5.90. The second-order valence-electron chi connectivity index (χ2n) is 16.8. The van der Waals surface area contributed by atoms with Crippen LogP contribution in [0.5, 0.6) is 11.5 Å². The van der Waals surface area contributed by atoms with E-state index in [0.717, 1.165) is 58.3 Å². The van der Waals surface area contributed by atoms with Crippen LogP contribution in [-0.2, 0) is 10.8 Å². The number of nitrogens with zero attached hydrogens (tertiary/aromatic N) is 2. The third kappa shape index (κ3) is 4.94. The predicted molar refractivity (Wildman–Crippen MR) is 239 cm³/mol. The molecule has 7 aromatic carbocycles. The van der Waals surface area contributed by atoms with E-state index in [9.17, 15) is 0 Å². The average Bonchev–Trinajstić information content (AvgIpc) is 3.72. The van der Waals surface area contributed by atoms with Gasteiger partial charge in [-0.2, -0.15) is 0 Å². The minimum Gasteiger partial charge on any atom is -0.457 e. The lowest BCUT2D eigenvalue weighted by molar-refractivity contribution is 0.436. The molecule has 3 nitrogen and oxygen atoms in total. The van der Waals surface area contributed by atoms with Crippen LogP contribution in [0.2, 0.25) is 0 Å². The van der Waals surface area contributed by atoms with Gasteiger partial charge in [-0.3, -0.25) is 0 Å². The highest BCUT2D eigenvalue weighted by Gasteiger charge is 2.51. The maximum absolute atomic E-state index is 6.71. The summed E-state index contributed by atoms with van der Waals surface area (Å²) in [5.41, 5.74) is 20.0. The fourth-order valence-electron chi connectivity index (χ4n) is 10.5. The molecule has 0 N–H and O–H groups in total. The molecule has 0 radical (unpaired) electrons. The monoisotopic (exact) mass is 756 g/mol. The Morgan fingerprint density at radius 2 is 0.932 bits per heavy atom. The smallest absolute Gasteiger partial charge is 0.156 e. The second kappa shape index (κ2) is 12.7. The lowest BCUT2D eigenvalue weighted by Crippen LogP contribution is -2.32. The number of hydrogen-bond acceptors (Lipinski definition) is 3. The van der Waals surface area contributed by atoms with E-state index in [0.29, 0.717) is 0 Å². The Hall–Kier alpha value is -7.10. The molecule has 1 spiro atoms. The quantitative estimate of drug-likeness (QED) is 0.179. The fraction of sp³-hybridized carbons (Fsp3) is 0.107. The zero-order chi connectivity index (χ0) is 39.3. The Labute approximate surface area is 345 Å². The molecule has 0 saturated carbocycles. The van der Waals surface area contributed by atoms with Crippen molar-refractivity contribution in [3.63, 3.8) is 0 Å². The van der Waals surface area contributed by atoms with Crippen LogP contribution in [0, 0.1) is 0 Å². The molecule has 280 valence electrons. The second-order valence-corrected chi connectivity index (χ2v) is 16.8. The number of para-hydroxylation sites is 1. The Balaban J connectivity index is 0.963. The van der Waals surface area contributed by atoms with Crippen molar-refractivity contribution in [3.8, 4) is 56.3 Å². The van der Waals surface area contributed by atoms with Crippen molar-refractivity contribution < 1.29 is 4.74 Å². The summed E-state index contributed by atoms with van der Waals surface area (Å²) in [4.78, 5) is 10.5. The topological polar surface area (TPSA) is 35.0 Å². The summed E-state index contributed by atoms with van der Waals surface area (Å²) in [6.07, 6.45) is 6.25. The van der Waals surface area contributed by atoms with Gasteiger partial charge in [0.15, 0.2) is 5.82 Å². The minimum absolute atomic E-state index is 0.0937. The normalized spacial score (nSPS) is 15.8. The van der Waals surface area contributed by atoms with Crippen molar-refractivity contribution in [3.05, 3.63) is 227 Å². The molecule has 4 aliphatic rings. The van der Waals surface area contributed by atoms with Gasteiger partial charge in [-0.1, -0.05) is 166 Å². The van der Waals surface area contributed by atoms with Crippen LogP contribution in [0.1, 0.15) is 71.5 Å². The largest absolute Gasteiger partial charge is 0.457 e. The van der Waals surface area contributed by atoms with Gasteiger partial charge in [0.25, 0.3) is 0 Å². The minimum atomic E-state index is -0.485. The van der Waals surface area contributed by atoms with E-state index in [1.165, 1.54) is 66.8 Å². The highest BCUT2D eigenvalue weighted by atomic mass is 16.5. The van der Waals surface area contributed by atoms with Gasteiger partial charge in [0.1, 0.15) is 11.5 Å². The first-order valence-electron chi connectivity index (χ1n) is 20.7. The zero-order valence-corrected chi connectivity index (χ0v) is 33.0. The lowest BCUT2D eigenvalue weighted by Gasteiger charge is -2.39. The summed E-state index contributed by atoms with van der Waals surface area (Å²) >= 11 is 0. The van der Waals surface area contributed by atoms with Crippen LogP contribution in [-0.4, -0.2) is 9.97 Å². The summed E-state index contributed by atoms with van der Waals surface area (Å²) < 4.78 is 6.71. The molecule has 0 unspecified atom stereocenters. The van der Waals surface area contributed by atoms with Crippen LogP contribution in [0.15, 0.2) is 182 Å². The predicted octanol–water partition coefficient (Wildman–Crippen LogP) is 13.8. The van der Waals surface area contributed by atoms with Crippen LogP contribution in [0.4, 0.5) is 0 Å². The Kier molecular flexibility index (Phi) is 7.32. The van der Waals surface area contributed by atoms with E-state index in [1.54, 1.807) is 0 Å².